The van der Waals surface area contributed by atoms with E-state index in [2.05, 4.69) is 29.4 Å². The molecule has 1 saturated heterocycles. The highest BCUT2D eigenvalue weighted by Gasteiger charge is 2.26. The van der Waals surface area contributed by atoms with E-state index in [0.29, 0.717) is 49.6 Å². The summed E-state index contributed by atoms with van der Waals surface area (Å²) >= 11 is 1.28. The Morgan fingerprint density at radius 2 is 1.86 bits per heavy atom. The Labute approximate surface area is 221 Å². The quantitative estimate of drug-likeness (QED) is 0.386. The van der Waals surface area contributed by atoms with Crippen molar-refractivity contribution in [1.82, 2.24) is 19.1 Å². The van der Waals surface area contributed by atoms with E-state index < -0.39 is 10.0 Å². The van der Waals surface area contributed by atoms with Crippen LogP contribution in [0.1, 0.15) is 13.8 Å². The number of thioether (sulfide) groups is 1. The van der Waals surface area contributed by atoms with Crippen LogP contribution in [0.3, 0.4) is 0 Å². The summed E-state index contributed by atoms with van der Waals surface area (Å²) in [5, 5.41) is 12.2. The molecule has 1 amide bonds. The minimum atomic E-state index is -3.65. The lowest BCUT2D eigenvalue weighted by molar-refractivity contribution is -0.113. The van der Waals surface area contributed by atoms with Gasteiger partial charge in [0.2, 0.25) is 15.9 Å². The standard InChI is InChI=1S/C25H31N5O5S2/c1-18(2)16-30-24(19-7-9-21(34-3)10-8-19)27-28-25(30)36-17-23(31)26-20-5-4-6-22(15-20)37(32,33)29-11-13-35-14-12-29/h4-10,15,18H,11-14,16-17H2,1-3H3,(H,26,31). The molecular formula is C25H31N5O5S2. The average Bonchev–Trinajstić information content (AvgIpc) is 3.29. The Morgan fingerprint density at radius 3 is 2.54 bits per heavy atom. The number of aromatic nitrogens is 3. The van der Waals surface area contributed by atoms with Crippen LogP contribution < -0.4 is 10.1 Å². The third-order valence-corrected chi connectivity index (χ3v) is 8.53. The molecule has 1 aliphatic heterocycles. The number of amides is 1. The molecule has 2 heterocycles. The van der Waals surface area contributed by atoms with E-state index in [4.69, 9.17) is 9.47 Å². The summed E-state index contributed by atoms with van der Waals surface area (Å²) in [6.45, 7) is 6.27. The maximum atomic E-state index is 12.9. The molecule has 12 heteroatoms. The Hall–Kier alpha value is -2.93. The Bertz CT molecular complexity index is 1320. The molecule has 3 aromatic rings. The molecule has 0 atom stereocenters. The third-order valence-electron chi connectivity index (χ3n) is 5.67. The summed E-state index contributed by atoms with van der Waals surface area (Å²) in [6.07, 6.45) is 0. The second-order valence-corrected chi connectivity index (χ2v) is 11.8. The summed E-state index contributed by atoms with van der Waals surface area (Å²) in [6, 6.07) is 13.9. The molecule has 0 radical (unpaired) electrons. The summed E-state index contributed by atoms with van der Waals surface area (Å²) in [4.78, 5) is 12.9. The molecule has 37 heavy (non-hydrogen) atoms. The number of nitrogens with zero attached hydrogens (tertiary/aromatic N) is 4. The fraction of sp³-hybridized carbons (Fsp3) is 0.400. The van der Waals surface area contributed by atoms with Crippen LogP contribution in [-0.2, 0) is 26.1 Å². The number of nitrogens with one attached hydrogen (secondary N) is 1. The first-order valence-electron chi connectivity index (χ1n) is 12.0. The molecule has 4 rings (SSSR count). The van der Waals surface area contributed by atoms with E-state index >= 15 is 0 Å². The summed E-state index contributed by atoms with van der Waals surface area (Å²) in [5.74, 6) is 1.65. The van der Waals surface area contributed by atoms with Gasteiger partial charge >= 0.3 is 0 Å². The monoisotopic (exact) mass is 545 g/mol. The SMILES string of the molecule is COc1ccc(-c2nnc(SCC(=O)Nc3cccc(S(=O)(=O)N4CCOCC4)c3)n2CC(C)C)cc1. The fourth-order valence-corrected chi connectivity index (χ4v) is 6.08. The highest BCUT2D eigenvalue weighted by molar-refractivity contribution is 7.99. The number of morpholine rings is 1. The molecule has 1 aliphatic rings. The van der Waals surface area contributed by atoms with Gasteiger partial charge in [0.15, 0.2) is 11.0 Å². The van der Waals surface area contributed by atoms with Crippen molar-refractivity contribution in [2.24, 2.45) is 5.92 Å². The van der Waals surface area contributed by atoms with Crippen molar-refractivity contribution in [1.29, 1.82) is 0 Å². The zero-order valence-corrected chi connectivity index (χ0v) is 22.7. The van der Waals surface area contributed by atoms with Crippen LogP contribution in [-0.4, -0.2) is 72.6 Å². The second kappa shape index (κ2) is 12.1. The normalized spacial score (nSPS) is 14.6. The summed E-state index contributed by atoms with van der Waals surface area (Å²) in [5.41, 5.74) is 1.33. The Morgan fingerprint density at radius 1 is 1.14 bits per heavy atom. The van der Waals surface area contributed by atoms with E-state index in [0.717, 1.165) is 17.1 Å². The van der Waals surface area contributed by atoms with Crippen molar-refractivity contribution >= 4 is 33.4 Å². The van der Waals surface area contributed by atoms with Gasteiger partial charge in [-0.3, -0.25) is 4.79 Å². The molecule has 1 fully saturated rings. The number of hydrogen-bond acceptors (Lipinski definition) is 8. The lowest BCUT2D eigenvalue weighted by Crippen LogP contribution is -2.40. The first kappa shape index (κ1) is 27.1. The van der Waals surface area contributed by atoms with Gasteiger partial charge in [-0.25, -0.2) is 8.42 Å². The first-order chi connectivity index (χ1) is 17.8. The number of carbonyl (C=O) groups excluding carboxylic acids is 1. The number of benzene rings is 2. The number of carbonyl (C=O) groups is 1. The zero-order chi connectivity index (χ0) is 26.4. The topological polar surface area (TPSA) is 116 Å². The van der Waals surface area contributed by atoms with Crippen molar-refractivity contribution < 1.29 is 22.7 Å². The van der Waals surface area contributed by atoms with Gasteiger partial charge in [0.05, 0.1) is 31.0 Å². The molecule has 0 bridgehead atoms. The van der Waals surface area contributed by atoms with Gasteiger partial charge < -0.3 is 19.4 Å². The van der Waals surface area contributed by atoms with Crippen LogP contribution in [0.15, 0.2) is 58.6 Å². The lowest BCUT2D eigenvalue weighted by atomic mass is 10.2. The van der Waals surface area contributed by atoms with Crippen molar-refractivity contribution in [2.75, 3.05) is 44.5 Å². The minimum absolute atomic E-state index is 0.0965. The molecule has 0 unspecified atom stereocenters. The maximum absolute atomic E-state index is 12.9. The molecule has 0 aliphatic carbocycles. The van der Waals surface area contributed by atoms with Gasteiger partial charge in [-0.1, -0.05) is 31.7 Å². The fourth-order valence-electron chi connectivity index (χ4n) is 3.88. The van der Waals surface area contributed by atoms with Gasteiger partial charge in [0, 0.05) is 30.9 Å². The molecule has 1 aromatic heterocycles. The van der Waals surface area contributed by atoms with Crippen molar-refractivity contribution in [3.63, 3.8) is 0 Å². The molecule has 198 valence electrons. The van der Waals surface area contributed by atoms with Gasteiger partial charge in [0.25, 0.3) is 0 Å². The number of hydrogen-bond donors (Lipinski definition) is 1. The lowest BCUT2D eigenvalue weighted by Gasteiger charge is -2.26. The van der Waals surface area contributed by atoms with E-state index in [1.54, 1.807) is 19.2 Å². The number of methoxy groups -OCH3 is 1. The predicted molar refractivity (Wildman–Crippen MR) is 142 cm³/mol. The third kappa shape index (κ3) is 6.69. The van der Waals surface area contributed by atoms with Crippen molar-refractivity contribution in [3.8, 4) is 17.1 Å². The number of sulfonamides is 1. The molecule has 10 nitrogen and oxygen atoms in total. The maximum Gasteiger partial charge on any atom is 0.243 e. The van der Waals surface area contributed by atoms with E-state index in [1.807, 2.05) is 28.8 Å². The van der Waals surface area contributed by atoms with E-state index in [9.17, 15) is 13.2 Å². The smallest absolute Gasteiger partial charge is 0.243 e. The first-order valence-corrected chi connectivity index (χ1v) is 14.4. The van der Waals surface area contributed by atoms with Crippen LogP contribution >= 0.6 is 11.8 Å². The molecular weight excluding hydrogens is 514 g/mol. The van der Waals surface area contributed by atoms with Crippen molar-refractivity contribution in [2.45, 2.75) is 30.4 Å². The minimum Gasteiger partial charge on any atom is -0.497 e. The number of anilines is 1. The van der Waals surface area contributed by atoms with Gasteiger partial charge in [-0.2, -0.15) is 4.31 Å². The summed E-state index contributed by atoms with van der Waals surface area (Å²) in [7, 11) is -2.03. The van der Waals surface area contributed by atoms with E-state index in [-0.39, 0.29) is 16.6 Å². The van der Waals surface area contributed by atoms with Crippen molar-refractivity contribution in [3.05, 3.63) is 48.5 Å². The molecule has 2 aromatic carbocycles. The number of ether oxygens (including phenoxy) is 2. The van der Waals surface area contributed by atoms with Crippen LogP contribution in [0.25, 0.3) is 11.4 Å². The molecule has 0 spiro atoms. The largest absolute Gasteiger partial charge is 0.497 e. The van der Waals surface area contributed by atoms with Gasteiger partial charge in [0.1, 0.15) is 5.75 Å². The number of rotatable bonds is 10. The molecule has 1 N–H and O–H groups in total. The van der Waals surface area contributed by atoms with Crippen LogP contribution in [0, 0.1) is 5.92 Å². The van der Waals surface area contributed by atoms with Crippen LogP contribution in [0.2, 0.25) is 0 Å². The zero-order valence-electron chi connectivity index (χ0n) is 21.1. The van der Waals surface area contributed by atoms with Crippen LogP contribution in [0.5, 0.6) is 5.75 Å². The van der Waals surface area contributed by atoms with E-state index in [1.165, 1.54) is 28.2 Å². The summed E-state index contributed by atoms with van der Waals surface area (Å²) < 4.78 is 39.8. The Balaban J connectivity index is 1.44. The van der Waals surface area contributed by atoms with Crippen LogP contribution in [0.4, 0.5) is 5.69 Å². The Kier molecular flexibility index (Phi) is 8.85. The highest BCUT2D eigenvalue weighted by atomic mass is 32.2. The highest BCUT2D eigenvalue weighted by Crippen LogP contribution is 2.27. The average molecular weight is 546 g/mol. The predicted octanol–water partition coefficient (Wildman–Crippen LogP) is 3.36. The second-order valence-electron chi connectivity index (χ2n) is 8.92. The van der Waals surface area contributed by atoms with Gasteiger partial charge in [-0.05, 0) is 48.4 Å². The molecule has 0 saturated carbocycles. The van der Waals surface area contributed by atoms with Gasteiger partial charge in [-0.15, -0.1) is 10.2 Å².